The van der Waals surface area contributed by atoms with E-state index in [1.54, 1.807) is 0 Å². The largest absolute Gasteiger partial charge is 0.469 e. The SMILES string of the molecule is COC(=O)[C@H]1CN(C)C[C@H]1c1cccc(Cl)c1. The minimum Gasteiger partial charge on any atom is -0.469 e. The number of likely N-dealkylation sites (tertiary alicyclic amines) is 1. The Hall–Kier alpha value is -1.06. The second-order valence-corrected chi connectivity index (χ2v) is 4.95. The van der Waals surface area contributed by atoms with Crippen LogP contribution >= 0.6 is 11.6 Å². The molecule has 0 aliphatic carbocycles. The Bertz CT molecular complexity index is 422. The zero-order valence-electron chi connectivity index (χ0n) is 10.0. The fourth-order valence-corrected chi connectivity index (χ4v) is 2.66. The Morgan fingerprint density at radius 3 is 2.88 bits per heavy atom. The van der Waals surface area contributed by atoms with Gasteiger partial charge in [-0.3, -0.25) is 4.79 Å². The molecule has 0 amide bonds. The molecule has 3 nitrogen and oxygen atoms in total. The fraction of sp³-hybridized carbons (Fsp3) is 0.462. The topological polar surface area (TPSA) is 29.5 Å². The van der Waals surface area contributed by atoms with Gasteiger partial charge in [0.25, 0.3) is 0 Å². The molecule has 2 atom stereocenters. The summed E-state index contributed by atoms with van der Waals surface area (Å²) in [5.74, 6) is -0.0612. The summed E-state index contributed by atoms with van der Waals surface area (Å²) in [6.07, 6.45) is 0. The van der Waals surface area contributed by atoms with Crippen molar-refractivity contribution in [3.8, 4) is 0 Å². The van der Waals surface area contributed by atoms with Crippen molar-refractivity contribution in [2.75, 3.05) is 27.2 Å². The Morgan fingerprint density at radius 2 is 2.24 bits per heavy atom. The van der Waals surface area contributed by atoms with E-state index in [9.17, 15) is 4.79 Å². The molecule has 0 aromatic heterocycles. The number of methoxy groups -OCH3 is 1. The summed E-state index contributed by atoms with van der Waals surface area (Å²) in [5, 5.41) is 0.709. The van der Waals surface area contributed by atoms with E-state index in [-0.39, 0.29) is 17.8 Å². The number of ether oxygens (including phenoxy) is 1. The first kappa shape index (κ1) is 12.4. The van der Waals surface area contributed by atoms with E-state index in [1.807, 2.05) is 31.3 Å². The molecule has 2 rings (SSSR count). The van der Waals surface area contributed by atoms with Crippen LogP contribution in [0.15, 0.2) is 24.3 Å². The lowest BCUT2D eigenvalue weighted by Crippen LogP contribution is -2.23. The third-order valence-corrected chi connectivity index (χ3v) is 3.52. The highest BCUT2D eigenvalue weighted by Crippen LogP contribution is 2.33. The van der Waals surface area contributed by atoms with Gasteiger partial charge in [-0.25, -0.2) is 0 Å². The minimum atomic E-state index is -0.140. The molecule has 1 fully saturated rings. The van der Waals surface area contributed by atoms with E-state index < -0.39 is 0 Å². The summed E-state index contributed by atoms with van der Waals surface area (Å²) in [6.45, 7) is 1.60. The lowest BCUT2D eigenvalue weighted by atomic mass is 9.89. The summed E-state index contributed by atoms with van der Waals surface area (Å²) in [6, 6.07) is 7.72. The van der Waals surface area contributed by atoms with Gasteiger partial charge in [0.15, 0.2) is 0 Å². The number of nitrogens with zero attached hydrogens (tertiary/aromatic N) is 1. The van der Waals surface area contributed by atoms with Gasteiger partial charge < -0.3 is 9.64 Å². The number of benzene rings is 1. The van der Waals surface area contributed by atoms with Crippen LogP contribution in [0.4, 0.5) is 0 Å². The van der Waals surface area contributed by atoms with Crippen LogP contribution in [-0.2, 0) is 9.53 Å². The Labute approximate surface area is 106 Å². The van der Waals surface area contributed by atoms with E-state index in [4.69, 9.17) is 16.3 Å². The molecule has 0 saturated carbocycles. The molecule has 0 spiro atoms. The molecule has 1 saturated heterocycles. The monoisotopic (exact) mass is 253 g/mol. The number of carbonyl (C=O) groups excluding carboxylic acids is 1. The number of carbonyl (C=O) groups is 1. The molecule has 1 heterocycles. The van der Waals surface area contributed by atoms with Crippen LogP contribution in [0.1, 0.15) is 11.5 Å². The summed E-state index contributed by atoms with van der Waals surface area (Å²) in [5.41, 5.74) is 1.11. The quantitative estimate of drug-likeness (QED) is 0.757. The number of hydrogen-bond acceptors (Lipinski definition) is 3. The predicted octanol–water partition coefficient (Wildman–Crippen LogP) is 2.16. The van der Waals surface area contributed by atoms with Gasteiger partial charge in [-0.05, 0) is 24.7 Å². The standard InChI is InChI=1S/C13H16ClNO2/c1-15-7-11(12(8-15)13(16)17-2)9-4-3-5-10(14)6-9/h3-6,11-12H,7-8H2,1-2H3/t11-,12-/m0/s1. The van der Waals surface area contributed by atoms with Gasteiger partial charge in [-0.1, -0.05) is 23.7 Å². The smallest absolute Gasteiger partial charge is 0.310 e. The highest BCUT2D eigenvalue weighted by Gasteiger charge is 2.37. The van der Waals surface area contributed by atoms with Gasteiger partial charge in [0.2, 0.25) is 0 Å². The molecule has 1 aromatic rings. The van der Waals surface area contributed by atoms with Crippen molar-refractivity contribution in [2.24, 2.45) is 5.92 Å². The zero-order chi connectivity index (χ0) is 12.4. The number of esters is 1. The maximum Gasteiger partial charge on any atom is 0.310 e. The lowest BCUT2D eigenvalue weighted by Gasteiger charge is -2.16. The molecular weight excluding hydrogens is 238 g/mol. The van der Waals surface area contributed by atoms with E-state index in [0.29, 0.717) is 5.02 Å². The van der Waals surface area contributed by atoms with Crippen LogP contribution in [0.2, 0.25) is 5.02 Å². The van der Waals surface area contributed by atoms with Crippen LogP contribution in [0, 0.1) is 5.92 Å². The van der Waals surface area contributed by atoms with Crippen molar-refractivity contribution in [3.63, 3.8) is 0 Å². The summed E-state index contributed by atoms with van der Waals surface area (Å²) < 4.78 is 4.87. The van der Waals surface area contributed by atoms with Crippen LogP contribution in [0.5, 0.6) is 0 Å². The summed E-state index contributed by atoms with van der Waals surface area (Å²) in [7, 11) is 3.45. The van der Waals surface area contributed by atoms with Crippen molar-refractivity contribution in [2.45, 2.75) is 5.92 Å². The average molecular weight is 254 g/mol. The van der Waals surface area contributed by atoms with Gasteiger partial charge in [0, 0.05) is 24.0 Å². The number of halogens is 1. The second kappa shape index (κ2) is 5.07. The first-order chi connectivity index (χ1) is 8.11. The Balaban J connectivity index is 2.26. The van der Waals surface area contributed by atoms with Crippen molar-refractivity contribution in [1.82, 2.24) is 4.90 Å². The zero-order valence-corrected chi connectivity index (χ0v) is 10.8. The van der Waals surface area contributed by atoms with Gasteiger partial charge in [0.05, 0.1) is 13.0 Å². The predicted molar refractivity (Wildman–Crippen MR) is 67.2 cm³/mol. The molecule has 1 aliphatic heterocycles. The van der Waals surface area contributed by atoms with Crippen LogP contribution in [0.25, 0.3) is 0 Å². The molecular formula is C13H16ClNO2. The third kappa shape index (κ3) is 2.61. The van der Waals surface area contributed by atoms with Crippen LogP contribution in [0.3, 0.4) is 0 Å². The van der Waals surface area contributed by atoms with E-state index in [2.05, 4.69) is 4.90 Å². The lowest BCUT2D eigenvalue weighted by molar-refractivity contribution is -0.145. The highest BCUT2D eigenvalue weighted by atomic mass is 35.5. The fourth-order valence-electron chi connectivity index (χ4n) is 2.47. The first-order valence-corrected chi connectivity index (χ1v) is 6.01. The molecule has 0 radical (unpaired) electrons. The van der Waals surface area contributed by atoms with Crippen LogP contribution in [-0.4, -0.2) is 38.1 Å². The molecule has 4 heteroatoms. The summed E-state index contributed by atoms with van der Waals surface area (Å²) in [4.78, 5) is 13.9. The minimum absolute atomic E-state index is 0.0940. The average Bonchev–Trinajstić information content (AvgIpc) is 2.70. The summed E-state index contributed by atoms with van der Waals surface area (Å²) >= 11 is 5.99. The molecule has 0 bridgehead atoms. The molecule has 1 aromatic carbocycles. The molecule has 1 aliphatic rings. The van der Waals surface area contributed by atoms with Gasteiger partial charge in [-0.2, -0.15) is 0 Å². The van der Waals surface area contributed by atoms with Crippen molar-refractivity contribution in [1.29, 1.82) is 0 Å². The Kier molecular flexibility index (Phi) is 3.69. The maximum absolute atomic E-state index is 11.7. The molecule has 0 unspecified atom stereocenters. The normalized spacial score (nSPS) is 24.9. The van der Waals surface area contributed by atoms with Gasteiger partial charge in [0.1, 0.15) is 0 Å². The molecule has 92 valence electrons. The first-order valence-electron chi connectivity index (χ1n) is 5.63. The third-order valence-electron chi connectivity index (χ3n) is 3.28. The van der Waals surface area contributed by atoms with E-state index in [1.165, 1.54) is 7.11 Å². The van der Waals surface area contributed by atoms with Crippen molar-refractivity contribution < 1.29 is 9.53 Å². The number of likely N-dealkylation sites (N-methyl/N-ethyl adjacent to an activating group) is 1. The number of rotatable bonds is 2. The second-order valence-electron chi connectivity index (χ2n) is 4.51. The molecule has 0 N–H and O–H groups in total. The highest BCUT2D eigenvalue weighted by molar-refractivity contribution is 6.30. The van der Waals surface area contributed by atoms with Crippen molar-refractivity contribution >= 4 is 17.6 Å². The van der Waals surface area contributed by atoms with Crippen LogP contribution < -0.4 is 0 Å². The van der Waals surface area contributed by atoms with Gasteiger partial charge >= 0.3 is 5.97 Å². The molecule has 17 heavy (non-hydrogen) atoms. The number of hydrogen-bond donors (Lipinski definition) is 0. The maximum atomic E-state index is 11.7. The van der Waals surface area contributed by atoms with Crippen molar-refractivity contribution in [3.05, 3.63) is 34.9 Å². The van der Waals surface area contributed by atoms with E-state index in [0.717, 1.165) is 18.7 Å². The van der Waals surface area contributed by atoms with Gasteiger partial charge in [-0.15, -0.1) is 0 Å². The van der Waals surface area contributed by atoms with E-state index >= 15 is 0 Å². The Morgan fingerprint density at radius 1 is 1.47 bits per heavy atom.